The Hall–Kier alpha value is -1.24. The molecule has 2 aromatic carbocycles. The quantitative estimate of drug-likeness (QED) is 0.406. The van der Waals surface area contributed by atoms with Crippen LogP contribution in [0.2, 0.25) is 5.02 Å². The number of benzene rings is 2. The minimum absolute atomic E-state index is 0. The van der Waals surface area contributed by atoms with Crippen molar-refractivity contribution in [2.24, 2.45) is 0 Å². The van der Waals surface area contributed by atoms with Crippen LogP contribution in [0, 0.1) is 0 Å². The van der Waals surface area contributed by atoms with Crippen molar-refractivity contribution in [2.45, 2.75) is 29.5 Å². The summed E-state index contributed by atoms with van der Waals surface area (Å²) in [7, 11) is 0. The number of hydrogen-bond donors (Lipinski definition) is 0. The zero-order valence-corrected chi connectivity index (χ0v) is 18.6. The minimum atomic E-state index is -1.15. The van der Waals surface area contributed by atoms with E-state index in [0.717, 1.165) is 29.3 Å². The first kappa shape index (κ1) is 22.1. The molecule has 4 nitrogen and oxygen atoms in total. The largest absolute Gasteiger partial charge is 1.00 e. The summed E-state index contributed by atoms with van der Waals surface area (Å²) in [5.41, 5.74) is 1.44. The van der Waals surface area contributed by atoms with Crippen LogP contribution < -0.4 is 34.7 Å². The van der Waals surface area contributed by atoms with Crippen LogP contribution in [0.15, 0.2) is 72.1 Å². The zero-order valence-electron chi connectivity index (χ0n) is 15.0. The van der Waals surface area contributed by atoms with Crippen molar-refractivity contribution >= 4 is 29.3 Å². The van der Waals surface area contributed by atoms with Gasteiger partial charge in [0.1, 0.15) is 0 Å². The number of rotatable bonds is 8. The molecule has 134 valence electrons. The van der Waals surface area contributed by atoms with Gasteiger partial charge in [-0.05, 0) is 48.2 Å². The summed E-state index contributed by atoms with van der Waals surface area (Å²) in [4.78, 5) is 16.0. The van der Waals surface area contributed by atoms with Gasteiger partial charge < -0.3 is 14.5 Å². The van der Waals surface area contributed by atoms with Crippen LogP contribution in [0.25, 0.3) is 0 Å². The normalized spacial score (nSPS) is 11.6. The van der Waals surface area contributed by atoms with Gasteiger partial charge in [0.2, 0.25) is 0 Å². The van der Waals surface area contributed by atoms with Gasteiger partial charge in [0, 0.05) is 34.1 Å². The number of aromatic carboxylic acids is 1. The van der Waals surface area contributed by atoms with Crippen LogP contribution in [0.1, 0.15) is 22.3 Å². The fourth-order valence-electron chi connectivity index (χ4n) is 2.66. The Bertz CT molecular complexity index is 839. The summed E-state index contributed by atoms with van der Waals surface area (Å²) >= 11 is 7.69. The summed E-state index contributed by atoms with van der Waals surface area (Å²) in [5.74, 6) is -1.15. The molecule has 0 saturated heterocycles. The van der Waals surface area contributed by atoms with Crippen molar-refractivity contribution in [1.82, 2.24) is 9.55 Å². The maximum atomic E-state index is 10.9. The van der Waals surface area contributed by atoms with Gasteiger partial charge in [0.15, 0.2) is 0 Å². The molecule has 0 radical (unpaired) electrons. The van der Waals surface area contributed by atoms with Crippen molar-refractivity contribution < 1.29 is 39.5 Å². The number of hydrogen-bond acceptors (Lipinski definition) is 4. The van der Waals surface area contributed by atoms with Gasteiger partial charge in [-0.3, -0.25) is 0 Å². The smallest absolute Gasteiger partial charge is 0.545 e. The first-order chi connectivity index (χ1) is 12.6. The number of aromatic nitrogens is 2. The second-order valence-corrected chi connectivity index (χ2v) is 7.79. The predicted molar refractivity (Wildman–Crippen MR) is 102 cm³/mol. The fraction of sp³-hybridized carbons (Fsp3) is 0.200. The molecular weight excluding hydrogens is 391 g/mol. The molecule has 7 heteroatoms. The molecule has 0 aliphatic rings. The summed E-state index contributed by atoms with van der Waals surface area (Å²) in [5, 5.41) is 12.0. The molecule has 0 saturated carbocycles. The van der Waals surface area contributed by atoms with E-state index in [-0.39, 0.29) is 35.1 Å². The molecule has 1 unspecified atom stereocenters. The number of carbonyl (C=O) groups excluding carboxylic acids is 1. The molecular formula is C20H18ClN2NaO2S. The zero-order chi connectivity index (χ0) is 18.4. The van der Waals surface area contributed by atoms with Crippen LogP contribution >= 0.6 is 23.4 Å². The topological polar surface area (TPSA) is 57.9 Å². The summed E-state index contributed by atoms with van der Waals surface area (Å²) in [6.45, 7) is 0.834. The van der Waals surface area contributed by atoms with E-state index in [1.54, 1.807) is 30.1 Å². The fourth-order valence-corrected chi connectivity index (χ4v) is 3.94. The predicted octanol–water partition coefficient (Wildman–Crippen LogP) is 0.698. The third kappa shape index (κ3) is 7.01. The molecule has 3 aromatic rings. The number of imidazole rings is 1. The van der Waals surface area contributed by atoms with E-state index >= 15 is 0 Å². The van der Waals surface area contributed by atoms with E-state index in [1.165, 1.54) is 5.56 Å². The molecule has 0 aliphatic carbocycles. The summed E-state index contributed by atoms with van der Waals surface area (Å²) in [6, 6.07) is 14.8. The summed E-state index contributed by atoms with van der Waals surface area (Å²) < 4.78 is 2.06. The van der Waals surface area contributed by atoms with Crippen LogP contribution in [-0.4, -0.2) is 20.8 Å². The molecule has 0 N–H and O–H groups in total. The van der Waals surface area contributed by atoms with Crippen LogP contribution in [-0.2, 0) is 13.0 Å². The standard InChI is InChI=1S/C20H19ClN2O2S.Na/c21-17-6-1-15(2-7-17)3-8-19(13-23-12-11-22-14-23)26-18-9-4-16(5-10-18)20(24)25;/h1-2,4-7,9-12,14,19H,3,8,13H2,(H,24,25);/q;+1/p-1. The molecule has 1 atom stereocenters. The van der Waals surface area contributed by atoms with E-state index in [9.17, 15) is 9.90 Å². The second-order valence-electron chi connectivity index (χ2n) is 5.98. The van der Waals surface area contributed by atoms with Crippen molar-refractivity contribution in [3.05, 3.63) is 83.4 Å². The first-order valence-corrected chi connectivity index (χ1v) is 9.54. The Kier molecular flexibility index (Phi) is 8.93. The van der Waals surface area contributed by atoms with Crippen molar-refractivity contribution in [3.63, 3.8) is 0 Å². The molecule has 1 heterocycles. The third-order valence-electron chi connectivity index (χ3n) is 4.03. The van der Waals surface area contributed by atoms with Crippen molar-refractivity contribution in [2.75, 3.05) is 0 Å². The van der Waals surface area contributed by atoms with E-state index in [4.69, 9.17) is 11.6 Å². The monoisotopic (exact) mass is 408 g/mol. The summed E-state index contributed by atoms with van der Waals surface area (Å²) in [6.07, 6.45) is 7.47. The number of carboxylic acids is 1. The Morgan fingerprint density at radius 2 is 1.85 bits per heavy atom. The number of aryl methyl sites for hydroxylation is 1. The van der Waals surface area contributed by atoms with E-state index in [1.807, 2.05) is 36.8 Å². The Labute approximate surface area is 190 Å². The average molecular weight is 409 g/mol. The minimum Gasteiger partial charge on any atom is -0.545 e. The average Bonchev–Trinajstić information content (AvgIpc) is 3.14. The van der Waals surface area contributed by atoms with Gasteiger partial charge >= 0.3 is 29.6 Å². The molecule has 0 aliphatic heterocycles. The van der Waals surface area contributed by atoms with Crippen molar-refractivity contribution in [1.29, 1.82) is 0 Å². The molecule has 0 amide bonds. The number of thioether (sulfide) groups is 1. The maximum absolute atomic E-state index is 10.9. The van der Waals surface area contributed by atoms with E-state index in [0.29, 0.717) is 5.25 Å². The molecule has 0 fully saturated rings. The van der Waals surface area contributed by atoms with Gasteiger partial charge in [-0.1, -0.05) is 35.9 Å². The molecule has 0 spiro atoms. The molecule has 3 rings (SSSR count). The maximum Gasteiger partial charge on any atom is 1.00 e. The van der Waals surface area contributed by atoms with Gasteiger partial charge in [-0.2, -0.15) is 0 Å². The van der Waals surface area contributed by atoms with Gasteiger partial charge in [0.25, 0.3) is 0 Å². The van der Waals surface area contributed by atoms with Crippen LogP contribution in [0.4, 0.5) is 0 Å². The SMILES string of the molecule is O=C([O-])c1ccc(SC(CCc2ccc(Cl)cc2)Cn2ccnc2)cc1.[Na+]. The number of nitrogens with zero attached hydrogens (tertiary/aromatic N) is 2. The number of carboxylic acid groups (broad SMARTS) is 1. The van der Waals surface area contributed by atoms with E-state index < -0.39 is 5.97 Å². The number of carbonyl (C=O) groups is 1. The molecule has 1 aromatic heterocycles. The Morgan fingerprint density at radius 3 is 2.44 bits per heavy atom. The Morgan fingerprint density at radius 1 is 1.15 bits per heavy atom. The molecule has 0 bridgehead atoms. The van der Waals surface area contributed by atoms with Gasteiger partial charge in [0.05, 0.1) is 12.3 Å². The Balaban J connectivity index is 0.00000261. The van der Waals surface area contributed by atoms with Gasteiger partial charge in [-0.15, -0.1) is 11.8 Å². The third-order valence-corrected chi connectivity index (χ3v) is 5.55. The van der Waals surface area contributed by atoms with E-state index in [2.05, 4.69) is 21.7 Å². The van der Waals surface area contributed by atoms with Crippen LogP contribution in [0.3, 0.4) is 0 Å². The van der Waals surface area contributed by atoms with Crippen LogP contribution in [0.5, 0.6) is 0 Å². The van der Waals surface area contributed by atoms with Crippen molar-refractivity contribution in [3.8, 4) is 0 Å². The molecule has 27 heavy (non-hydrogen) atoms. The van der Waals surface area contributed by atoms with Gasteiger partial charge in [-0.25, -0.2) is 4.98 Å². The first-order valence-electron chi connectivity index (χ1n) is 8.28. The number of halogens is 1. The second kappa shape index (κ2) is 10.9.